The van der Waals surface area contributed by atoms with Gasteiger partial charge in [-0.25, -0.2) is 8.78 Å². The van der Waals surface area contributed by atoms with E-state index in [2.05, 4.69) is 0 Å². The Kier molecular flexibility index (Phi) is 4.17. The van der Waals surface area contributed by atoms with Crippen LogP contribution in [0.4, 0.5) is 8.78 Å². The van der Waals surface area contributed by atoms with Crippen molar-refractivity contribution < 1.29 is 13.9 Å². The molecule has 0 saturated carbocycles. The molecule has 84 valence electrons. The molecule has 1 aromatic rings. The third-order valence-corrected chi connectivity index (χ3v) is 2.44. The molecule has 0 radical (unpaired) electrons. The molecular weight excluding hydrogens is 200 g/mol. The molecule has 0 aliphatic rings. The standard InChI is InChI=1S/C11H15F2NO/c1-7(6-14)10(15)8-2-4-9(5-3-8)11(12)13/h2-5,7,10-11,15H,6,14H2,1H3. The van der Waals surface area contributed by atoms with Crippen LogP contribution in [0.2, 0.25) is 0 Å². The number of aliphatic hydroxyl groups is 1. The molecular formula is C11H15F2NO. The molecule has 0 aromatic heterocycles. The number of rotatable bonds is 4. The highest BCUT2D eigenvalue weighted by atomic mass is 19.3. The van der Waals surface area contributed by atoms with E-state index in [0.717, 1.165) is 0 Å². The van der Waals surface area contributed by atoms with Crippen molar-refractivity contribution in [2.45, 2.75) is 19.5 Å². The Hall–Kier alpha value is -1.00. The number of nitrogens with two attached hydrogens (primary N) is 1. The molecule has 0 aliphatic carbocycles. The number of benzene rings is 1. The molecule has 3 N–H and O–H groups in total. The van der Waals surface area contributed by atoms with Gasteiger partial charge >= 0.3 is 0 Å². The second-order valence-electron chi connectivity index (χ2n) is 3.63. The third-order valence-electron chi connectivity index (χ3n) is 2.44. The lowest BCUT2D eigenvalue weighted by molar-refractivity contribution is 0.121. The molecule has 0 aliphatic heterocycles. The summed E-state index contributed by atoms with van der Waals surface area (Å²) in [5.41, 5.74) is 6.00. The van der Waals surface area contributed by atoms with Crippen molar-refractivity contribution in [2.75, 3.05) is 6.54 Å². The van der Waals surface area contributed by atoms with Gasteiger partial charge < -0.3 is 10.8 Å². The van der Waals surface area contributed by atoms with Gasteiger partial charge in [0.2, 0.25) is 0 Å². The molecule has 0 spiro atoms. The number of hydrogen-bond donors (Lipinski definition) is 2. The van der Waals surface area contributed by atoms with Crippen LogP contribution in [0.5, 0.6) is 0 Å². The van der Waals surface area contributed by atoms with Crippen molar-refractivity contribution in [1.29, 1.82) is 0 Å². The summed E-state index contributed by atoms with van der Waals surface area (Å²) in [4.78, 5) is 0. The van der Waals surface area contributed by atoms with E-state index in [-0.39, 0.29) is 11.5 Å². The van der Waals surface area contributed by atoms with Crippen LogP contribution < -0.4 is 5.73 Å². The van der Waals surface area contributed by atoms with Crippen LogP contribution in [0.1, 0.15) is 30.6 Å². The van der Waals surface area contributed by atoms with E-state index in [9.17, 15) is 13.9 Å². The van der Waals surface area contributed by atoms with Crippen LogP contribution in [0.25, 0.3) is 0 Å². The smallest absolute Gasteiger partial charge is 0.263 e. The molecule has 2 nitrogen and oxygen atoms in total. The molecule has 15 heavy (non-hydrogen) atoms. The Morgan fingerprint density at radius 2 is 1.67 bits per heavy atom. The van der Waals surface area contributed by atoms with Crippen molar-refractivity contribution >= 4 is 0 Å². The summed E-state index contributed by atoms with van der Waals surface area (Å²) in [5.74, 6) is -0.0811. The molecule has 1 aromatic carbocycles. The summed E-state index contributed by atoms with van der Waals surface area (Å²) in [6, 6.07) is 5.68. The first-order valence-electron chi connectivity index (χ1n) is 4.82. The van der Waals surface area contributed by atoms with Gasteiger partial charge in [-0.05, 0) is 18.0 Å². The van der Waals surface area contributed by atoms with Gasteiger partial charge in [0.05, 0.1) is 6.10 Å². The van der Waals surface area contributed by atoms with E-state index in [1.165, 1.54) is 24.3 Å². The number of alkyl halides is 2. The number of halogens is 2. The number of hydrogen-bond acceptors (Lipinski definition) is 2. The Balaban J connectivity index is 2.79. The van der Waals surface area contributed by atoms with E-state index in [0.29, 0.717) is 12.1 Å². The predicted octanol–water partition coefficient (Wildman–Crippen LogP) is 2.25. The molecule has 2 atom stereocenters. The average molecular weight is 215 g/mol. The summed E-state index contributed by atoms with van der Waals surface area (Å²) >= 11 is 0. The minimum Gasteiger partial charge on any atom is -0.388 e. The third kappa shape index (κ3) is 2.97. The quantitative estimate of drug-likeness (QED) is 0.809. The molecule has 0 bridgehead atoms. The first kappa shape index (κ1) is 12.1. The largest absolute Gasteiger partial charge is 0.388 e. The Morgan fingerprint density at radius 3 is 2.07 bits per heavy atom. The van der Waals surface area contributed by atoms with E-state index in [1.54, 1.807) is 0 Å². The summed E-state index contributed by atoms with van der Waals surface area (Å²) in [7, 11) is 0. The van der Waals surface area contributed by atoms with Crippen LogP contribution in [0.15, 0.2) is 24.3 Å². The van der Waals surface area contributed by atoms with Crippen molar-refractivity contribution in [1.82, 2.24) is 0 Å². The minimum absolute atomic E-state index is 0.0358. The molecule has 2 unspecified atom stereocenters. The second-order valence-corrected chi connectivity index (χ2v) is 3.63. The van der Waals surface area contributed by atoms with Gasteiger partial charge in [-0.3, -0.25) is 0 Å². The highest BCUT2D eigenvalue weighted by Crippen LogP contribution is 2.24. The van der Waals surface area contributed by atoms with Crippen LogP contribution >= 0.6 is 0 Å². The van der Waals surface area contributed by atoms with Crippen molar-refractivity contribution in [3.05, 3.63) is 35.4 Å². The van der Waals surface area contributed by atoms with Crippen molar-refractivity contribution in [2.24, 2.45) is 11.7 Å². The first-order chi connectivity index (χ1) is 7.06. The summed E-state index contributed by atoms with van der Waals surface area (Å²) in [6.07, 6.45) is -3.16. The molecule has 0 amide bonds. The average Bonchev–Trinajstić information content (AvgIpc) is 2.27. The number of aliphatic hydroxyl groups excluding tert-OH is 1. The van der Waals surface area contributed by atoms with Crippen molar-refractivity contribution in [3.63, 3.8) is 0 Å². The summed E-state index contributed by atoms with van der Waals surface area (Å²) in [6.45, 7) is 2.17. The zero-order valence-corrected chi connectivity index (χ0v) is 8.53. The van der Waals surface area contributed by atoms with Gasteiger partial charge in [0.25, 0.3) is 6.43 Å². The van der Waals surface area contributed by atoms with E-state index in [4.69, 9.17) is 5.73 Å². The Bertz CT molecular complexity index is 300. The summed E-state index contributed by atoms with van der Waals surface area (Å²) in [5, 5.41) is 9.75. The molecule has 0 heterocycles. The lowest BCUT2D eigenvalue weighted by atomic mass is 9.97. The Labute approximate surface area is 87.7 Å². The molecule has 0 saturated heterocycles. The fraction of sp³-hybridized carbons (Fsp3) is 0.455. The summed E-state index contributed by atoms with van der Waals surface area (Å²) < 4.78 is 24.5. The van der Waals surface area contributed by atoms with Crippen LogP contribution in [0, 0.1) is 5.92 Å². The maximum atomic E-state index is 12.2. The van der Waals surface area contributed by atoms with E-state index < -0.39 is 12.5 Å². The van der Waals surface area contributed by atoms with Crippen LogP contribution in [0.3, 0.4) is 0 Å². The zero-order valence-electron chi connectivity index (χ0n) is 8.53. The lowest BCUT2D eigenvalue weighted by Crippen LogP contribution is -2.18. The van der Waals surface area contributed by atoms with Gasteiger partial charge in [-0.2, -0.15) is 0 Å². The predicted molar refractivity (Wildman–Crippen MR) is 54.6 cm³/mol. The topological polar surface area (TPSA) is 46.2 Å². The van der Waals surface area contributed by atoms with Crippen LogP contribution in [-0.2, 0) is 0 Å². The van der Waals surface area contributed by atoms with E-state index in [1.807, 2.05) is 6.92 Å². The van der Waals surface area contributed by atoms with Gasteiger partial charge in [-0.1, -0.05) is 31.2 Å². The second kappa shape index (κ2) is 5.19. The van der Waals surface area contributed by atoms with Gasteiger partial charge in [-0.15, -0.1) is 0 Å². The maximum Gasteiger partial charge on any atom is 0.263 e. The minimum atomic E-state index is -2.47. The molecule has 4 heteroatoms. The van der Waals surface area contributed by atoms with Gasteiger partial charge in [0.15, 0.2) is 0 Å². The lowest BCUT2D eigenvalue weighted by Gasteiger charge is -2.17. The Morgan fingerprint density at radius 1 is 1.20 bits per heavy atom. The molecule has 0 fully saturated rings. The van der Waals surface area contributed by atoms with Gasteiger partial charge in [0.1, 0.15) is 0 Å². The van der Waals surface area contributed by atoms with E-state index >= 15 is 0 Å². The monoisotopic (exact) mass is 215 g/mol. The zero-order chi connectivity index (χ0) is 11.4. The fourth-order valence-electron chi connectivity index (χ4n) is 1.30. The maximum absolute atomic E-state index is 12.2. The van der Waals surface area contributed by atoms with Crippen molar-refractivity contribution in [3.8, 4) is 0 Å². The fourth-order valence-corrected chi connectivity index (χ4v) is 1.30. The SMILES string of the molecule is CC(CN)C(O)c1ccc(C(F)F)cc1. The highest BCUT2D eigenvalue weighted by Gasteiger charge is 2.15. The van der Waals surface area contributed by atoms with Gasteiger partial charge in [0, 0.05) is 5.56 Å². The van der Waals surface area contributed by atoms with Crippen LogP contribution in [-0.4, -0.2) is 11.7 Å². The highest BCUT2D eigenvalue weighted by molar-refractivity contribution is 5.25. The molecule has 1 rings (SSSR count). The normalized spacial score (nSPS) is 15.3. The first-order valence-corrected chi connectivity index (χ1v) is 4.82.